The van der Waals surface area contributed by atoms with Gasteiger partial charge in [0.15, 0.2) is 0 Å². The van der Waals surface area contributed by atoms with E-state index in [2.05, 4.69) is 18.9 Å². The summed E-state index contributed by atoms with van der Waals surface area (Å²) in [5.74, 6) is 0. The number of aliphatic hydroxyl groups excluding tert-OH is 1. The third kappa shape index (κ3) is 2.08. The maximum Gasteiger partial charge on any atom is 0.0642 e. The lowest BCUT2D eigenvalue weighted by Crippen LogP contribution is -2.14. The topological polar surface area (TPSA) is 64.1 Å². The van der Waals surface area contributed by atoms with Crippen molar-refractivity contribution < 1.29 is 5.11 Å². The molecule has 74 valence electrons. The molecule has 0 saturated heterocycles. The monoisotopic (exact) mass is 183 g/mol. The van der Waals surface area contributed by atoms with Crippen molar-refractivity contribution in [3.05, 3.63) is 17.5 Å². The van der Waals surface area contributed by atoms with Gasteiger partial charge in [0.25, 0.3) is 0 Å². The Bertz CT molecular complexity index is 280. The highest BCUT2D eigenvalue weighted by Gasteiger charge is 2.12. The molecule has 1 heterocycles. The molecule has 0 fully saturated rings. The van der Waals surface area contributed by atoms with Gasteiger partial charge in [0.2, 0.25) is 0 Å². The first-order valence-electron chi connectivity index (χ1n) is 4.48. The zero-order valence-corrected chi connectivity index (χ0v) is 8.36. The Kier molecular flexibility index (Phi) is 3.06. The van der Waals surface area contributed by atoms with Crippen molar-refractivity contribution >= 4 is 0 Å². The molecule has 1 aromatic heterocycles. The first-order chi connectivity index (χ1) is 6.06. The lowest BCUT2D eigenvalue weighted by molar-refractivity contribution is 0.267. The summed E-state index contributed by atoms with van der Waals surface area (Å²) < 4.78 is 1.86. The highest BCUT2D eigenvalue weighted by molar-refractivity contribution is 5.19. The summed E-state index contributed by atoms with van der Waals surface area (Å²) in [4.78, 5) is 0. The van der Waals surface area contributed by atoms with Gasteiger partial charge in [-0.3, -0.25) is 4.68 Å². The maximum atomic E-state index is 8.90. The standard InChI is InChI=1S/C9H17N3O/c1-6(2)12-4-8(7(3)11-12)9(10)5-13/h4,6,9,13H,5,10H2,1-3H3. The zero-order valence-electron chi connectivity index (χ0n) is 8.36. The largest absolute Gasteiger partial charge is 0.394 e. The van der Waals surface area contributed by atoms with Crippen LogP contribution in [0.25, 0.3) is 0 Å². The Balaban J connectivity index is 2.96. The first-order valence-corrected chi connectivity index (χ1v) is 4.48. The summed E-state index contributed by atoms with van der Waals surface area (Å²) in [6, 6.07) is 0.0193. The predicted molar refractivity (Wildman–Crippen MR) is 51.4 cm³/mol. The number of hydrogen-bond donors (Lipinski definition) is 2. The summed E-state index contributed by atoms with van der Waals surface area (Å²) in [6.45, 7) is 5.98. The average molecular weight is 183 g/mol. The highest BCUT2D eigenvalue weighted by Crippen LogP contribution is 2.15. The van der Waals surface area contributed by atoms with Crippen LogP contribution >= 0.6 is 0 Å². The molecule has 0 aromatic carbocycles. The van der Waals surface area contributed by atoms with E-state index in [1.807, 2.05) is 17.8 Å². The molecule has 1 unspecified atom stereocenters. The maximum absolute atomic E-state index is 8.90. The van der Waals surface area contributed by atoms with E-state index < -0.39 is 0 Å². The van der Waals surface area contributed by atoms with Crippen LogP contribution in [0.4, 0.5) is 0 Å². The van der Waals surface area contributed by atoms with Crippen molar-refractivity contribution in [2.75, 3.05) is 6.61 Å². The molecule has 0 aliphatic rings. The third-order valence-corrected chi connectivity index (χ3v) is 2.08. The van der Waals surface area contributed by atoms with Gasteiger partial charge in [0, 0.05) is 17.8 Å². The van der Waals surface area contributed by atoms with Crippen molar-refractivity contribution in [1.82, 2.24) is 9.78 Å². The number of nitrogens with two attached hydrogens (primary N) is 1. The van der Waals surface area contributed by atoms with E-state index in [0.717, 1.165) is 11.3 Å². The Morgan fingerprint density at radius 2 is 2.23 bits per heavy atom. The number of aryl methyl sites for hydroxylation is 1. The van der Waals surface area contributed by atoms with Gasteiger partial charge in [-0.15, -0.1) is 0 Å². The molecular formula is C9H17N3O. The van der Waals surface area contributed by atoms with Crippen LogP contribution in [-0.4, -0.2) is 21.5 Å². The van der Waals surface area contributed by atoms with E-state index in [-0.39, 0.29) is 12.6 Å². The summed E-state index contributed by atoms with van der Waals surface area (Å²) in [6.07, 6.45) is 1.90. The molecule has 4 nitrogen and oxygen atoms in total. The van der Waals surface area contributed by atoms with Gasteiger partial charge in [0.05, 0.1) is 18.3 Å². The molecule has 0 radical (unpaired) electrons. The fourth-order valence-corrected chi connectivity index (χ4v) is 1.22. The Morgan fingerprint density at radius 3 is 2.62 bits per heavy atom. The molecule has 0 aliphatic heterocycles. The van der Waals surface area contributed by atoms with Gasteiger partial charge in [-0.1, -0.05) is 0 Å². The number of rotatable bonds is 3. The smallest absolute Gasteiger partial charge is 0.0642 e. The average Bonchev–Trinajstić information content (AvgIpc) is 2.46. The molecule has 0 saturated carbocycles. The third-order valence-electron chi connectivity index (χ3n) is 2.08. The number of nitrogens with zero attached hydrogens (tertiary/aromatic N) is 2. The molecule has 1 aromatic rings. The molecule has 13 heavy (non-hydrogen) atoms. The second kappa shape index (κ2) is 3.89. The normalized spacial score (nSPS) is 13.7. The molecule has 1 atom stereocenters. The van der Waals surface area contributed by atoms with Gasteiger partial charge in [0.1, 0.15) is 0 Å². The summed E-state index contributed by atoms with van der Waals surface area (Å²) >= 11 is 0. The second-order valence-corrected chi connectivity index (χ2v) is 3.53. The van der Waals surface area contributed by atoms with Crippen molar-refractivity contribution in [3.63, 3.8) is 0 Å². The van der Waals surface area contributed by atoms with Crippen molar-refractivity contribution in [3.8, 4) is 0 Å². The van der Waals surface area contributed by atoms with E-state index >= 15 is 0 Å². The highest BCUT2D eigenvalue weighted by atomic mass is 16.3. The fraction of sp³-hybridized carbons (Fsp3) is 0.667. The Labute approximate surface area is 78.4 Å². The molecular weight excluding hydrogens is 166 g/mol. The van der Waals surface area contributed by atoms with Gasteiger partial charge < -0.3 is 10.8 Å². The van der Waals surface area contributed by atoms with Gasteiger partial charge in [-0.25, -0.2) is 0 Å². The minimum atomic E-state index is -0.313. The summed E-state index contributed by atoms with van der Waals surface area (Å²) in [7, 11) is 0. The SMILES string of the molecule is Cc1nn(C(C)C)cc1C(N)CO. The van der Waals surface area contributed by atoms with Crippen molar-refractivity contribution in [1.29, 1.82) is 0 Å². The Morgan fingerprint density at radius 1 is 1.62 bits per heavy atom. The van der Waals surface area contributed by atoms with Crippen molar-refractivity contribution in [2.45, 2.75) is 32.9 Å². The molecule has 3 N–H and O–H groups in total. The molecule has 0 aliphatic carbocycles. The van der Waals surface area contributed by atoms with E-state index in [1.54, 1.807) is 0 Å². The second-order valence-electron chi connectivity index (χ2n) is 3.53. The number of hydrogen-bond acceptors (Lipinski definition) is 3. The number of aromatic nitrogens is 2. The zero-order chi connectivity index (χ0) is 10.0. The van der Waals surface area contributed by atoms with E-state index in [9.17, 15) is 0 Å². The molecule has 1 rings (SSSR count). The molecule has 0 spiro atoms. The van der Waals surface area contributed by atoms with Crippen LogP contribution < -0.4 is 5.73 Å². The lowest BCUT2D eigenvalue weighted by Gasteiger charge is -2.05. The molecule has 4 heteroatoms. The summed E-state index contributed by atoms with van der Waals surface area (Å²) in [5.41, 5.74) is 7.53. The molecule has 0 amide bonds. The summed E-state index contributed by atoms with van der Waals surface area (Å²) in [5, 5.41) is 13.2. The van der Waals surface area contributed by atoms with Crippen LogP contribution in [0, 0.1) is 6.92 Å². The first kappa shape index (κ1) is 10.2. The van der Waals surface area contributed by atoms with E-state index in [1.165, 1.54) is 0 Å². The predicted octanol–water partition coefficient (Wildman–Crippen LogP) is 0.765. The van der Waals surface area contributed by atoms with Gasteiger partial charge >= 0.3 is 0 Å². The Hall–Kier alpha value is -0.870. The fourth-order valence-electron chi connectivity index (χ4n) is 1.22. The van der Waals surface area contributed by atoms with Crippen molar-refractivity contribution in [2.24, 2.45) is 5.73 Å². The van der Waals surface area contributed by atoms with Crippen LogP contribution in [0.5, 0.6) is 0 Å². The van der Waals surface area contributed by atoms with Gasteiger partial charge in [-0.05, 0) is 20.8 Å². The minimum absolute atomic E-state index is 0.0371. The quantitative estimate of drug-likeness (QED) is 0.727. The van der Waals surface area contributed by atoms with Crippen LogP contribution in [0.2, 0.25) is 0 Å². The van der Waals surface area contributed by atoms with E-state index in [0.29, 0.717) is 6.04 Å². The lowest BCUT2D eigenvalue weighted by atomic mass is 10.1. The minimum Gasteiger partial charge on any atom is -0.394 e. The van der Waals surface area contributed by atoms with Gasteiger partial charge in [-0.2, -0.15) is 5.10 Å². The van der Waals surface area contributed by atoms with Crippen LogP contribution in [0.1, 0.15) is 37.2 Å². The number of aliphatic hydroxyl groups is 1. The van der Waals surface area contributed by atoms with Crippen LogP contribution in [0.15, 0.2) is 6.20 Å². The van der Waals surface area contributed by atoms with E-state index in [4.69, 9.17) is 10.8 Å². The molecule has 0 bridgehead atoms. The van der Waals surface area contributed by atoms with Crippen LogP contribution in [0.3, 0.4) is 0 Å². The van der Waals surface area contributed by atoms with Crippen LogP contribution in [-0.2, 0) is 0 Å².